The van der Waals surface area contributed by atoms with Crippen molar-refractivity contribution in [3.8, 4) is 0 Å². The number of nitrogens with zero attached hydrogens (tertiary/aromatic N) is 1. The molecule has 0 saturated heterocycles. The normalized spacial score (nSPS) is 14.2. The Morgan fingerprint density at radius 2 is 2.00 bits per heavy atom. The zero-order valence-electron chi connectivity index (χ0n) is 9.38. The molecule has 0 fully saturated rings. The first-order valence-electron chi connectivity index (χ1n) is 5.09. The Hall–Kier alpha value is -0.850. The molecule has 0 spiro atoms. The summed E-state index contributed by atoms with van der Waals surface area (Å²) in [5.74, 6) is 0. The van der Waals surface area contributed by atoms with Crippen LogP contribution in [-0.4, -0.2) is 24.4 Å². The first kappa shape index (κ1) is 12.2. The Morgan fingerprint density at radius 3 is 2.54 bits per heavy atom. The van der Waals surface area contributed by atoms with Gasteiger partial charge in [0, 0.05) is 6.08 Å². The molecule has 1 nitrogen and oxygen atoms in total. The molecule has 0 N–H and O–H groups in total. The molecule has 1 heteroatoms. The topological polar surface area (TPSA) is 3.01 Å². The van der Waals surface area contributed by atoms with Crippen molar-refractivity contribution in [3.05, 3.63) is 23.8 Å². The second-order valence-corrected chi connectivity index (χ2v) is 3.32. The fourth-order valence-electron chi connectivity index (χ4n) is 0.842. The lowest BCUT2D eigenvalue weighted by atomic mass is 10.2. The van der Waals surface area contributed by atoms with Crippen LogP contribution in [0.25, 0.3) is 0 Å². The minimum atomic E-state index is 1.06. The highest BCUT2D eigenvalue weighted by molar-refractivity contribution is 5.68. The van der Waals surface area contributed by atoms with E-state index in [-0.39, 0.29) is 0 Å². The van der Waals surface area contributed by atoms with Crippen molar-refractivity contribution in [2.24, 2.45) is 0 Å². The lowest BCUT2D eigenvalue weighted by Gasteiger charge is -1.89. The molecule has 0 heterocycles. The fourth-order valence-corrected chi connectivity index (χ4v) is 0.842. The fraction of sp³-hybridized carbons (Fsp3) is 0.583. The van der Waals surface area contributed by atoms with Crippen LogP contribution in [0.2, 0.25) is 0 Å². The second kappa shape index (κ2) is 7.78. The third kappa shape index (κ3) is 7.51. The van der Waals surface area contributed by atoms with Crippen molar-refractivity contribution in [2.45, 2.75) is 33.6 Å². The largest absolute Gasteiger partial charge is 0.239 e. The third-order valence-corrected chi connectivity index (χ3v) is 1.93. The van der Waals surface area contributed by atoms with Crippen LogP contribution in [0.4, 0.5) is 0 Å². The summed E-state index contributed by atoms with van der Waals surface area (Å²) in [7, 11) is 2.08. The maximum Gasteiger partial charge on any atom is 0.163 e. The zero-order valence-corrected chi connectivity index (χ0v) is 9.38. The number of hydrogen-bond donors (Lipinski definition) is 0. The van der Waals surface area contributed by atoms with Gasteiger partial charge in [0.25, 0.3) is 0 Å². The molecule has 0 atom stereocenters. The molecule has 0 radical (unpaired) electrons. The Balaban J connectivity index is 4.02. The molecule has 0 aliphatic rings. The van der Waals surface area contributed by atoms with Crippen LogP contribution in [0.1, 0.15) is 33.6 Å². The van der Waals surface area contributed by atoms with E-state index in [0.717, 1.165) is 6.54 Å². The van der Waals surface area contributed by atoms with Gasteiger partial charge in [-0.2, -0.15) is 0 Å². The number of allylic oxidation sites excluding steroid dienone is 4. The summed E-state index contributed by atoms with van der Waals surface area (Å²) >= 11 is 0. The number of hydrogen-bond acceptors (Lipinski definition) is 0. The van der Waals surface area contributed by atoms with Gasteiger partial charge in [0.2, 0.25) is 0 Å². The summed E-state index contributed by atoms with van der Waals surface area (Å²) in [5, 5.41) is 0. The van der Waals surface area contributed by atoms with Crippen molar-refractivity contribution < 1.29 is 4.58 Å². The highest BCUT2D eigenvalue weighted by Crippen LogP contribution is 1.96. The van der Waals surface area contributed by atoms with Gasteiger partial charge in [0.1, 0.15) is 13.6 Å². The molecule has 0 unspecified atom stereocenters. The molecule has 0 bridgehead atoms. The molecule has 0 rings (SSSR count). The van der Waals surface area contributed by atoms with Crippen LogP contribution in [0.3, 0.4) is 0 Å². The van der Waals surface area contributed by atoms with Crippen LogP contribution in [0, 0.1) is 0 Å². The Kier molecular flexibility index (Phi) is 7.27. The minimum Gasteiger partial charge on any atom is -0.239 e. The van der Waals surface area contributed by atoms with E-state index in [9.17, 15) is 0 Å². The van der Waals surface area contributed by atoms with Crippen molar-refractivity contribution in [3.63, 3.8) is 0 Å². The summed E-state index contributed by atoms with van der Waals surface area (Å²) < 4.78 is 2.16. The maximum atomic E-state index is 2.23. The second-order valence-electron chi connectivity index (χ2n) is 3.32. The summed E-state index contributed by atoms with van der Waals surface area (Å²) in [6, 6.07) is 0. The van der Waals surface area contributed by atoms with E-state index in [2.05, 4.69) is 56.8 Å². The first-order valence-corrected chi connectivity index (χ1v) is 5.09. The predicted molar refractivity (Wildman–Crippen MR) is 60.6 cm³/mol. The van der Waals surface area contributed by atoms with Crippen LogP contribution in [-0.2, 0) is 0 Å². The summed E-state index contributed by atoms with van der Waals surface area (Å²) in [6.07, 6.45) is 11.1. The maximum absolute atomic E-state index is 2.23. The highest BCUT2D eigenvalue weighted by Gasteiger charge is 1.86. The van der Waals surface area contributed by atoms with Crippen LogP contribution < -0.4 is 0 Å². The van der Waals surface area contributed by atoms with E-state index in [1.165, 1.54) is 18.4 Å². The molecule has 13 heavy (non-hydrogen) atoms. The van der Waals surface area contributed by atoms with Gasteiger partial charge >= 0.3 is 0 Å². The lowest BCUT2D eigenvalue weighted by Crippen LogP contribution is -2.03. The molecule has 0 aromatic carbocycles. The van der Waals surface area contributed by atoms with Crippen molar-refractivity contribution >= 4 is 6.21 Å². The average Bonchev–Trinajstić information content (AvgIpc) is 2.14. The quantitative estimate of drug-likeness (QED) is 0.347. The molecule has 0 aromatic heterocycles. The SMILES string of the molecule is CCC/C=C\C(C)=C\C=[N+](C)CC. The van der Waals surface area contributed by atoms with Crippen LogP contribution >= 0.6 is 0 Å². The van der Waals surface area contributed by atoms with Gasteiger partial charge in [-0.1, -0.05) is 25.5 Å². The molecule has 0 aliphatic carbocycles. The van der Waals surface area contributed by atoms with Gasteiger partial charge in [-0.15, -0.1) is 0 Å². The van der Waals surface area contributed by atoms with Gasteiger partial charge in [-0.25, -0.2) is 4.58 Å². The molecule has 0 saturated carbocycles. The summed E-state index contributed by atoms with van der Waals surface area (Å²) in [4.78, 5) is 0. The smallest absolute Gasteiger partial charge is 0.163 e. The van der Waals surface area contributed by atoms with E-state index in [0.29, 0.717) is 0 Å². The number of rotatable bonds is 5. The Morgan fingerprint density at radius 1 is 1.31 bits per heavy atom. The highest BCUT2D eigenvalue weighted by atomic mass is 14.9. The van der Waals surface area contributed by atoms with Gasteiger partial charge in [-0.05, 0) is 25.8 Å². The van der Waals surface area contributed by atoms with Gasteiger partial charge in [-0.3, -0.25) is 0 Å². The monoisotopic (exact) mass is 180 g/mol. The van der Waals surface area contributed by atoms with Crippen molar-refractivity contribution in [1.82, 2.24) is 0 Å². The lowest BCUT2D eigenvalue weighted by molar-refractivity contribution is -0.487. The standard InChI is InChI=1S/C12H22N/c1-5-7-8-9-12(3)10-11-13(4)6-2/h8-11H,5-7H2,1-4H3/q+1/b9-8-,12-10+,13-11?. The van der Waals surface area contributed by atoms with E-state index >= 15 is 0 Å². The van der Waals surface area contributed by atoms with Gasteiger partial charge in [0.15, 0.2) is 6.21 Å². The zero-order chi connectivity index (χ0) is 10.1. The average molecular weight is 180 g/mol. The van der Waals surface area contributed by atoms with E-state index in [1.807, 2.05) is 0 Å². The third-order valence-electron chi connectivity index (χ3n) is 1.93. The molecular formula is C12H22N+. The van der Waals surface area contributed by atoms with Gasteiger partial charge in [0.05, 0.1) is 0 Å². The van der Waals surface area contributed by atoms with Gasteiger partial charge < -0.3 is 0 Å². The molecular weight excluding hydrogens is 158 g/mol. The first-order chi connectivity index (χ1) is 6.20. The summed E-state index contributed by atoms with van der Waals surface area (Å²) in [5.41, 5.74) is 1.31. The van der Waals surface area contributed by atoms with Crippen molar-refractivity contribution in [1.29, 1.82) is 0 Å². The molecule has 0 amide bonds. The van der Waals surface area contributed by atoms with E-state index < -0.39 is 0 Å². The predicted octanol–water partition coefficient (Wildman–Crippen LogP) is 3.02. The summed E-state index contributed by atoms with van der Waals surface area (Å²) in [6.45, 7) is 7.53. The Bertz CT molecular complexity index is 209. The molecule has 74 valence electrons. The Labute approximate surface area is 82.5 Å². The van der Waals surface area contributed by atoms with Crippen molar-refractivity contribution in [2.75, 3.05) is 13.6 Å². The molecule has 0 aliphatic heterocycles. The minimum absolute atomic E-state index is 1.06. The van der Waals surface area contributed by atoms with Crippen LogP contribution in [0.5, 0.6) is 0 Å². The van der Waals surface area contributed by atoms with E-state index in [1.54, 1.807) is 0 Å². The number of unbranched alkanes of at least 4 members (excludes halogenated alkanes) is 1. The van der Waals surface area contributed by atoms with Crippen LogP contribution in [0.15, 0.2) is 23.8 Å². The molecule has 0 aromatic rings. The van der Waals surface area contributed by atoms with E-state index in [4.69, 9.17) is 0 Å².